The van der Waals surface area contributed by atoms with Gasteiger partial charge < -0.3 is 16.2 Å². The van der Waals surface area contributed by atoms with Crippen LogP contribution in [0.25, 0.3) is 0 Å². The Bertz CT molecular complexity index is 292. The summed E-state index contributed by atoms with van der Waals surface area (Å²) in [4.78, 5) is 22.5. The van der Waals surface area contributed by atoms with Crippen LogP contribution in [0.5, 0.6) is 0 Å². The number of rotatable bonds is 4. The lowest BCUT2D eigenvalue weighted by atomic mass is 10.1. The van der Waals surface area contributed by atoms with Crippen LogP contribution >= 0.6 is 0 Å². The minimum atomic E-state index is -0.970. The highest BCUT2D eigenvalue weighted by Gasteiger charge is 2.56. The van der Waals surface area contributed by atoms with Crippen LogP contribution in [0.2, 0.25) is 0 Å². The molecule has 0 saturated heterocycles. The summed E-state index contributed by atoms with van der Waals surface area (Å²) in [6, 6.07) is 0. The quantitative estimate of drug-likeness (QED) is 0.565. The zero-order valence-electron chi connectivity index (χ0n) is 7.88. The van der Waals surface area contributed by atoms with Gasteiger partial charge in [-0.1, -0.05) is 0 Å². The van der Waals surface area contributed by atoms with Gasteiger partial charge in [-0.05, 0) is 25.7 Å². The summed E-state index contributed by atoms with van der Waals surface area (Å²) in [6.07, 6.45) is 2.64. The van der Waals surface area contributed by atoms with Crippen molar-refractivity contribution in [1.82, 2.24) is 5.32 Å². The largest absolute Gasteiger partial charge is 0.480 e. The normalized spacial score (nSPS) is 25.2. The number of hydrogen-bond donors (Lipinski definition) is 3. The van der Waals surface area contributed by atoms with Crippen LogP contribution in [0.15, 0.2) is 0 Å². The fourth-order valence-corrected chi connectivity index (χ4v) is 1.54. The summed E-state index contributed by atoms with van der Waals surface area (Å²) in [5.74, 6) is -1.11. The highest BCUT2D eigenvalue weighted by Crippen LogP contribution is 2.46. The van der Waals surface area contributed by atoms with E-state index >= 15 is 0 Å². The molecule has 0 radical (unpaired) electrons. The second-order valence-electron chi connectivity index (χ2n) is 4.33. The lowest BCUT2D eigenvalue weighted by Gasteiger charge is -2.17. The van der Waals surface area contributed by atoms with Crippen LogP contribution < -0.4 is 11.1 Å². The van der Waals surface area contributed by atoms with Crippen molar-refractivity contribution in [2.45, 2.75) is 31.2 Å². The smallest absolute Gasteiger partial charge is 0.329 e. The average Bonchev–Trinajstić information content (AvgIpc) is 3.00. The van der Waals surface area contributed by atoms with Crippen LogP contribution in [0.3, 0.4) is 0 Å². The Balaban J connectivity index is 1.99. The second-order valence-corrected chi connectivity index (χ2v) is 4.33. The number of carbonyl (C=O) groups is 2. The maximum atomic E-state index is 11.7. The zero-order chi connectivity index (χ0) is 10.4. The van der Waals surface area contributed by atoms with Crippen LogP contribution in [-0.4, -0.2) is 29.1 Å². The number of aliphatic carboxylic acids is 1. The monoisotopic (exact) mass is 198 g/mol. The van der Waals surface area contributed by atoms with Gasteiger partial charge in [0.25, 0.3) is 0 Å². The molecule has 2 fully saturated rings. The summed E-state index contributed by atoms with van der Waals surface area (Å²) in [6.45, 7) is 0.314. The second kappa shape index (κ2) is 2.70. The molecule has 78 valence electrons. The molecule has 5 nitrogen and oxygen atoms in total. The minimum absolute atomic E-state index is 0.181. The molecule has 0 spiro atoms. The van der Waals surface area contributed by atoms with E-state index in [1.807, 2.05) is 0 Å². The van der Waals surface area contributed by atoms with Gasteiger partial charge >= 0.3 is 5.97 Å². The van der Waals surface area contributed by atoms with Crippen LogP contribution in [0.4, 0.5) is 0 Å². The Morgan fingerprint density at radius 3 is 2.14 bits per heavy atom. The van der Waals surface area contributed by atoms with Gasteiger partial charge in [0.1, 0.15) is 5.54 Å². The lowest BCUT2D eigenvalue weighted by molar-refractivity contribution is -0.144. The Labute approximate surface area is 81.7 Å². The Morgan fingerprint density at radius 1 is 1.29 bits per heavy atom. The summed E-state index contributed by atoms with van der Waals surface area (Å²) in [5.41, 5.74) is 4.05. The topological polar surface area (TPSA) is 92.4 Å². The van der Waals surface area contributed by atoms with E-state index in [1.165, 1.54) is 0 Å². The predicted molar refractivity (Wildman–Crippen MR) is 48.5 cm³/mol. The molecule has 2 rings (SSSR count). The Morgan fingerprint density at radius 2 is 1.86 bits per heavy atom. The number of nitrogens with one attached hydrogen (secondary N) is 1. The van der Waals surface area contributed by atoms with Gasteiger partial charge in [-0.2, -0.15) is 0 Å². The van der Waals surface area contributed by atoms with Gasteiger partial charge in [0.15, 0.2) is 0 Å². The maximum absolute atomic E-state index is 11.7. The molecule has 0 aromatic carbocycles. The van der Waals surface area contributed by atoms with Crippen molar-refractivity contribution < 1.29 is 14.7 Å². The third-order valence-corrected chi connectivity index (χ3v) is 3.24. The molecule has 5 heteroatoms. The van der Waals surface area contributed by atoms with Crippen LogP contribution in [0, 0.1) is 5.41 Å². The molecule has 0 aromatic heterocycles. The fraction of sp³-hybridized carbons (Fsp3) is 0.778. The lowest BCUT2D eigenvalue weighted by Crippen LogP contribution is -2.48. The first-order valence-electron chi connectivity index (χ1n) is 4.81. The van der Waals surface area contributed by atoms with E-state index in [1.54, 1.807) is 0 Å². The molecule has 1 amide bonds. The number of hydrogen-bond acceptors (Lipinski definition) is 3. The highest BCUT2D eigenvalue weighted by atomic mass is 16.4. The van der Waals surface area contributed by atoms with E-state index in [0.29, 0.717) is 19.4 Å². The molecule has 14 heavy (non-hydrogen) atoms. The van der Waals surface area contributed by atoms with E-state index in [4.69, 9.17) is 10.8 Å². The van der Waals surface area contributed by atoms with Crippen LogP contribution in [-0.2, 0) is 9.59 Å². The molecule has 0 bridgehead atoms. The number of carboxylic acid groups (broad SMARTS) is 1. The first-order chi connectivity index (χ1) is 6.55. The van der Waals surface area contributed by atoms with Gasteiger partial charge in [-0.25, -0.2) is 4.79 Å². The number of carbonyl (C=O) groups excluding carboxylic acids is 1. The van der Waals surface area contributed by atoms with Crippen molar-refractivity contribution in [3.8, 4) is 0 Å². The third kappa shape index (κ3) is 1.28. The molecule has 2 aliphatic rings. The van der Waals surface area contributed by atoms with E-state index < -0.39 is 16.9 Å². The average molecular weight is 198 g/mol. The molecule has 0 heterocycles. The minimum Gasteiger partial charge on any atom is -0.480 e. The van der Waals surface area contributed by atoms with Crippen molar-refractivity contribution in [3.63, 3.8) is 0 Å². The van der Waals surface area contributed by atoms with Crippen molar-refractivity contribution >= 4 is 11.9 Å². The van der Waals surface area contributed by atoms with Gasteiger partial charge in [-0.3, -0.25) is 4.79 Å². The molecule has 0 unspecified atom stereocenters. The molecular formula is C9H14N2O3. The number of amides is 1. The number of carboxylic acids is 1. The van der Waals surface area contributed by atoms with Crippen LogP contribution in [0.1, 0.15) is 25.7 Å². The molecule has 0 aliphatic heterocycles. The molecule has 0 atom stereocenters. The summed E-state index contributed by atoms with van der Waals surface area (Å²) < 4.78 is 0. The summed E-state index contributed by atoms with van der Waals surface area (Å²) in [5, 5.41) is 11.5. The maximum Gasteiger partial charge on any atom is 0.329 e. The van der Waals surface area contributed by atoms with Gasteiger partial charge in [-0.15, -0.1) is 0 Å². The first-order valence-corrected chi connectivity index (χ1v) is 4.81. The van der Waals surface area contributed by atoms with Crippen molar-refractivity contribution in [3.05, 3.63) is 0 Å². The molecule has 2 aliphatic carbocycles. The van der Waals surface area contributed by atoms with Crippen molar-refractivity contribution in [1.29, 1.82) is 0 Å². The highest BCUT2D eigenvalue weighted by molar-refractivity contribution is 5.93. The van der Waals surface area contributed by atoms with Gasteiger partial charge in [0.2, 0.25) is 5.91 Å². The standard InChI is InChI=1S/C9H14N2O3/c10-5-8(1-2-8)6(12)11-9(3-4-9)7(13)14/h1-5,10H2,(H,11,12)(H,13,14). The molecule has 2 saturated carbocycles. The first kappa shape index (κ1) is 9.45. The molecular weight excluding hydrogens is 184 g/mol. The number of nitrogens with two attached hydrogens (primary N) is 1. The predicted octanol–water partition coefficient (Wildman–Crippen LogP) is -0.541. The van der Waals surface area contributed by atoms with E-state index in [2.05, 4.69) is 5.32 Å². The Kier molecular flexibility index (Phi) is 1.82. The fourth-order valence-electron chi connectivity index (χ4n) is 1.54. The van der Waals surface area contributed by atoms with Gasteiger partial charge in [0, 0.05) is 6.54 Å². The third-order valence-electron chi connectivity index (χ3n) is 3.24. The summed E-state index contributed by atoms with van der Waals surface area (Å²) >= 11 is 0. The van der Waals surface area contributed by atoms with E-state index in [0.717, 1.165) is 12.8 Å². The molecule has 4 N–H and O–H groups in total. The van der Waals surface area contributed by atoms with Crippen molar-refractivity contribution in [2.24, 2.45) is 11.1 Å². The van der Waals surface area contributed by atoms with E-state index in [-0.39, 0.29) is 5.91 Å². The van der Waals surface area contributed by atoms with E-state index in [9.17, 15) is 9.59 Å². The Hall–Kier alpha value is -1.10. The van der Waals surface area contributed by atoms with Crippen molar-refractivity contribution in [2.75, 3.05) is 6.54 Å². The summed E-state index contributed by atoms with van der Waals surface area (Å²) in [7, 11) is 0. The zero-order valence-corrected chi connectivity index (χ0v) is 7.88. The van der Waals surface area contributed by atoms with Gasteiger partial charge in [0.05, 0.1) is 5.41 Å². The molecule has 0 aromatic rings. The SMILES string of the molecule is NCC1(C(=O)NC2(C(=O)O)CC2)CC1.